The first-order chi connectivity index (χ1) is 16.5. The standard InChI is InChI=1S/C28H14N2O4/c31-25-19-11-16-6-8-22-24(18(16)12-20(19)26(32)28(34)27(25)33)30-21-7-5-15-9-13-3-1-2-4-14(13)10-17(15)23(21)29-22/h1-12,29-30H. The van der Waals surface area contributed by atoms with Crippen molar-refractivity contribution in [2.75, 3.05) is 10.6 Å². The van der Waals surface area contributed by atoms with Crippen molar-refractivity contribution < 1.29 is 0 Å². The van der Waals surface area contributed by atoms with Gasteiger partial charge in [-0.05, 0) is 57.9 Å². The minimum atomic E-state index is -1.28. The summed E-state index contributed by atoms with van der Waals surface area (Å²) in [5, 5.41) is 12.8. The molecule has 6 aromatic carbocycles. The van der Waals surface area contributed by atoms with Gasteiger partial charge in [-0.15, -0.1) is 0 Å². The predicted octanol–water partition coefficient (Wildman–Crippen LogP) is 4.42. The van der Waals surface area contributed by atoms with E-state index in [0.29, 0.717) is 10.8 Å². The molecule has 6 heteroatoms. The average Bonchev–Trinajstić information content (AvgIpc) is 2.87. The molecule has 34 heavy (non-hydrogen) atoms. The fourth-order valence-electron chi connectivity index (χ4n) is 4.96. The topological polar surface area (TPSA) is 92.3 Å². The molecule has 0 saturated carbocycles. The van der Waals surface area contributed by atoms with E-state index in [1.54, 1.807) is 0 Å². The molecule has 7 rings (SSSR count). The average molecular weight is 442 g/mol. The van der Waals surface area contributed by atoms with Crippen LogP contribution in [0.1, 0.15) is 0 Å². The van der Waals surface area contributed by atoms with Gasteiger partial charge in [-0.3, -0.25) is 19.2 Å². The van der Waals surface area contributed by atoms with Crippen molar-refractivity contribution >= 4 is 65.8 Å². The molecule has 0 aromatic heterocycles. The molecule has 0 spiro atoms. The second kappa shape index (κ2) is 6.36. The summed E-state index contributed by atoms with van der Waals surface area (Å²) >= 11 is 0. The summed E-state index contributed by atoms with van der Waals surface area (Å²) in [5.74, 6) is 0. The Morgan fingerprint density at radius 1 is 0.412 bits per heavy atom. The number of nitrogens with one attached hydrogen (secondary N) is 2. The minimum absolute atomic E-state index is 0.0240. The minimum Gasteiger partial charge on any atom is -0.352 e. The van der Waals surface area contributed by atoms with Crippen LogP contribution in [0, 0.1) is 0 Å². The summed E-state index contributed by atoms with van der Waals surface area (Å²) in [6, 6.07) is 23.3. The molecule has 0 bridgehead atoms. The van der Waals surface area contributed by atoms with Gasteiger partial charge in [0.2, 0.25) is 10.9 Å². The smallest absolute Gasteiger partial charge is 0.277 e. The monoisotopic (exact) mass is 442 g/mol. The van der Waals surface area contributed by atoms with Crippen molar-refractivity contribution in [2.45, 2.75) is 0 Å². The van der Waals surface area contributed by atoms with Gasteiger partial charge in [0, 0.05) is 21.5 Å². The van der Waals surface area contributed by atoms with Gasteiger partial charge in [0.25, 0.3) is 10.9 Å². The molecule has 0 radical (unpaired) electrons. The van der Waals surface area contributed by atoms with Crippen LogP contribution >= 0.6 is 0 Å². The number of benzene rings is 6. The normalized spacial score (nSPS) is 12.5. The van der Waals surface area contributed by atoms with E-state index < -0.39 is 21.7 Å². The van der Waals surface area contributed by atoms with Crippen LogP contribution in [0.2, 0.25) is 0 Å². The molecular weight excluding hydrogens is 428 g/mol. The van der Waals surface area contributed by atoms with Gasteiger partial charge in [-0.1, -0.05) is 36.4 Å². The van der Waals surface area contributed by atoms with E-state index in [9.17, 15) is 19.2 Å². The Balaban J connectivity index is 1.49. The summed E-state index contributed by atoms with van der Waals surface area (Å²) in [4.78, 5) is 48.6. The Hall–Kier alpha value is -4.84. The zero-order valence-corrected chi connectivity index (χ0v) is 17.6. The summed E-state index contributed by atoms with van der Waals surface area (Å²) < 4.78 is 0. The molecule has 2 N–H and O–H groups in total. The van der Waals surface area contributed by atoms with E-state index in [1.165, 1.54) is 17.5 Å². The van der Waals surface area contributed by atoms with Crippen LogP contribution in [0.3, 0.4) is 0 Å². The van der Waals surface area contributed by atoms with Gasteiger partial charge in [-0.2, -0.15) is 0 Å². The van der Waals surface area contributed by atoms with Gasteiger partial charge in [0.15, 0.2) is 0 Å². The molecule has 6 nitrogen and oxygen atoms in total. The Morgan fingerprint density at radius 3 is 1.50 bits per heavy atom. The van der Waals surface area contributed by atoms with Crippen LogP contribution in [0.5, 0.6) is 0 Å². The third-order valence-corrected chi connectivity index (χ3v) is 6.67. The molecule has 0 atom stereocenters. The van der Waals surface area contributed by atoms with Crippen molar-refractivity contribution in [1.82, 2.24) is 0 Å². The molecule has 1 aliphatic rings. The van der Waals surface area contributed by atoms with Crippen molar-refractivity contribution in [3.8, 4) is 0 Å². The van der Waals surface area contributed by atoms with E-state index in [1.807, 2.05) is 30.3 Å². The maximum Gasteiger partial charge on any atom is 0.277 e. The fourth-order valence-corrected chi connectivity index (χ4v) is 4.96. The fraction of sp³-hybridized carbons (Fsp3) is 0. The summed E-state index contributed by atoms with van der Waals surface area (Å²) in [7, 11) is 0. The Kier molecular flexibility index (Phi) is 3.50. The van der Waals surface area contributed by atoms with E-state index in [-0.39, 0.29) is 10.8 Å². The maximum atomic E-state index is 12.5. The molecule has 0 amide bonds. The van der Waals surface area contributed by atoms with Crippen molar-refractivity contribution in [3.05, 3.63) is 114 Å². The van der Waals surface area contributed by atoms with E-state index in [0.717, 1.165) is 38.9 Å². The van der Waals surface area contributed by atoms with Gasteiger partial charge in [0.1, 0.15) is 0 Å². The maximum absolute atomic E-state index is 12.5. The lowest BCUT2D eigenvalue weighted by molar-refractivity contribution is 1.40. The van der Waals surface area contributed by atoms with Crippen LogP contribution in [0.4, 0.5) is 22.7 Å². The molecule has 6 aromatic rings. The Labute approximate surface area is 190 Å². The first-order valence-electron chi connectivity index (χ1n) is 10.8. The van der Waals surface area contributed by atoms with Crippen LogP contribution in [0.15, 0.2) is 92.0 Å². The third-order valence-electron chi connectivity index (χ3n) is 6.67. The lowest BCUT2D eigenvalue weighted by Crippen LogP contribution is -2.46. The predicted molar refractivity (Wildman–Crippen MR) is 137 cm³/mol. The van der Waals surface area contributed by atoms with Crippen LogP contribution in [-0.2, 0) is 0 Å². The molecule has 0 saturated heterocycles. The molecule has 1 heterocycles. The first kappa shape index (κ1) is 18.7. The Bertz CT molecular complexity index is 2110. The van der Waals surface area contributed by atoms with E-state index in [2.05, 4.69) is 41.0 Å². The quantitative estimate of drug-likeness (QED) is 0.267. The van der Waals surface area contributed by atoms with Gasteiger partial charge < -0.3 is 10.6 Å². The van der Waals surface area contributed by atoms with Crippen LogP contribution < -0.4 is 32.3 Å². The van der Waals surface area contributed by atoms with Gasteiger partial charge in [0.05, 0.1) is 22.7 Å². The van der Waals surface area contributed by atoms with Crippen LogP contribution in [0.25, 0.3) is 43.1 Å². The number of anilines is 4. The number of fused-ring (bicyclic) bond motifs is 8. The van der Waals surface area contributed by atoms with Crippen LogP contribution in [-0.4, -0.2) is 0 Å². The lowest BCUT2D eigenvalue weighted by atomic mass is 9.97. The van der Waals surface area contributed by atoms with E-state index >= 15 is 0 Å². The number of hydrogen-bond donors (Lipinski definition) is 2. The molecular formula is C28H14N2O4. The molecule has 0 unspecified atom stereocenters. The zero-order chi connectivity index (χ0) is 23.1. The van der Waals surface area contributed by atoms with Crippen molar-refractivity contribution in [1.29, 1.82) is 0 Å². The first-order valence-corrected chi connectivity index (χ1v) is 10.8. The van der Waals surface area contributed by atoms with Gasteiger partial charge >= 0.3 is 0 Å². The highest BCUT2D eigenvalue weighted by Gasteiger charge is 2.21. The SMILES string of the molecule is O=c1c(=O)c(=O)c2cc3c4c(ccc3cc2c1=O)Nc1c(ccc2cc3ccccc3cc12)N4. The molecule has 1 aliphatic heterocycles. The number of rotatable bonds is 0. The lowest BCUT2D eigenvalue weighted by Gasteiger charge is -2.26. The van der Waals surface area contributed by atoms with Gasteiger partial charge in [-0.25, -0.2) is 0 Å². The second-order valence-corrected chi connectivity index (χ2v) is 8.58. The van der Waals surface area contributed by atoms with Crippen molar-refractivity contribution in [2.24, 2.45) is 0 Å². The Morgan fingerprint density at radius 2 is 0.882 bits per heavy atom. The molecule has 0 aliphatic carbocycles. The van der Waals surface area contributed by atoms with Crippen molar-refractivity contribution in [3.63, 3.8) is 0 Å². The summed E-state index contributed by atoms with van der Waals surface area (Å²) in [6.07, 6.45) is 0. The molecule has 0 fully saturated rings. The highest BCUT2D eigenvalue weighted by molar-refractivity contribution is 6.15. The highest BCUT2D eigenvalue weighted by atomic mass is 16.2. The third kappa shape index (κ3) is 2.39. The summed E-state index contributed by atoms with van der Waals surface area (Å²) in [6.45, 7) is 0. The zero-order valence-electron chi connectivity index (χ0n) is 17.6. The summed E-state index contributed by atoms with van der Waals surface area (Å²) in [5.41, 5.74) is -1.08. The number of hydrogen-bond acceptors (Lipinski definition) is 6. The van der Waals surface area contributed by atoms with E-state index in [4.69, 9.17) is 0 Å². The largest absolute Gasteiger partial charge is 0.352 e. The molecule has 160 valence electrons. The highest BCUT2D eigenvalue weighted by Crippen LogP contribution is 2.46. The second-order valence-electron chi connectivity index (χ2n) is 8.58.